The van der Waals surface area contributed by atoms with E-state index in [0.717, 1.165) is 23.9 Å². The Labute approximate surface area is 160 Å². The summed E-state index contributed by atoms with van der Waals surface area (Å²) in [6.45, 7) is 4.07. The predicted molar refractivity (Wildman–Crippen MR) is 111 cm³/mol. The molecule has 134 valence electrons. The fraction of sp³-hybridized carbons (Fsp3) is 0.368. The van der Waals surface area contributed by atoms with Gasteiger partial charge in [-0.05, 0) is 55.2 Å². The molecule has 1 atom stereocenters. The molecule has 2 rings (SSSR count). The van der Waals surface area contributed by atoms with Gasteiger partial charge in [0.25, 0.3) is 0 Å². The molecule has 0 radical (unpaired) electrons. The molecule has 0 fully saturated rings. The summed E-state index contributed by atoms with van der Waals surface area (Å²) >= 11 is 7.47. The van der Waals surface area contributed by atoms with E-state index in [1.807, 2.05) is 12.3 Å². The maximum Gasteiger partial charge on any atom is 0.174 e. The van der Waals surface area contributed by atoms with Gasteiger partial charge in [0.1, 0.15) is 0 Å². The van der Waals surface area contributed by atoms with E-state index in [2.05, 4.69) is 72.8 Å². The second kappa shape index (κ2) is 9.75. The fourth-order valence-electron chi connectivity index (χ4n) is 2.51. The van der Waals surface area contributed by atoms with Crippen molar-refractivity contribution in [2.75, 3.05) is 38.8 Å². The van der Waals surface area contributed by atoms with E-state index in [4.69, 9.17) is 12.2 Å². The number of hydrogen-bond donors (Lipinski definition) is 2. The largest absolute Gasteiger partial charge is 0.338 e. The lowest BCUT2D eigenvalue weighted by molar-refractivity contribution is -0.857. The third-order valence-corrected chi connectivity index (χ3v) is 5.13. The van der Waals surface area contributed by atoms with Gasteiger partial charge in [-0.25, -0.2) is 0 Å². The molecule has 0 saturated carbocycles. The van der Waals surface area contributed by atoms with Gasteiger partial charge in [0.15, 0.2) is 5.11 Å². The van der Waals surface area contributed by atoms with E-state index in [1.165, 1.54) is 15.4 Å². The van der Waals surface area contributed by atoms with Crippen molar-refractivity contribution in [1.82, 2.24) is 9.88 Å². The maximum absolute atomic E-state index is 5.74. The number of quaternary nitrogens is 1. The Bertz CT molecular complexity index is 676. The van der Waals surface area contributed by atoms with Crippen molar-refractivity contribution in [2.24, 2.45) is 0 Å². The van der Waals surface area contributed by atoms with Gasteiger partial charge in [0, 0.05) is 23.0 Å². The molecule has 1 unspecified atom stereocenters. The second-order valence-corrected chi connectivity index (χ2v) is 7.54. The average Bonchev–Trinajstić information content (AvgIpc) is 2.62. The first kappa shape index (κ1) is 19.7. The van der Waals surface area contributed by atoms with Crippen LogP contribution in [0.25, 0.3) is 0 Å². The Morgan fingerprint density at radius 3 is 2.76 bits per heavy atom. The Kier molecular flexibility index (Phi) is 7.68. The number of benzene rings is 1. The highest BCUT2D eigenvalue weighted by atomic mass is 32.2. The van der Waals surface area contributed by atoms with Gasteiger partial charge in [-0.3, -0.25) is 4.98 Å². The molecule has 4 nitrogen and oxygen atoms in total. The number of nitrogens with one attached hydrogen (secondary N) is 2. The van der Waals surface area contributed by atoms with Gasteiger partial charge >= 0.3 is 0 Å². The first-order chi connectivity index (χ1) is 12.0. The van der Waals surface area contributed by atoms with Crippen LogP contribution >= 0.6 is 24.0 Å². The molecule has 2 aromatic rings. The molecule has 1 heterocycles. The van der Waals surface area contributed by atoms with E-state index in [1.54, 1.807) is 18.0 Å². The Morgan fingerprint density at radius 1 is 1.32 bits per heavy atom. The van der Waals surface area contributed by atoms with Crippen molar-refractivity contribution in [3.8, 4) is 0 Å². The smallest absolute Gasteiger partial charge is 0.174 e. The third-order valence-electron chi connectivity index (χ3n) is 4.07. The van der Waals surface area contributed by atoms with Crippen LogP contribution in [-0.4, -0.2) is 48.4 Å². The van der Waals surface area contributed by atoms with Crippen molar-refractivity contribution in [3.05, 3.63) is 54.4 Å². The first-order valence-electron chi connectivity index (χ1n) is 8.42. The number of thiocarbonyl (C=S) groups is 1. The van der Waals surface area contributed by atoms with Crippen LogP contribution in [-0.2, 0) is 0 Å². The lowest BCUT2D eigenvalue weighted by Crippen LogP contribution is -3.06. The molecular formula is C19H27N4S2+. The number of rotatable bonds is 7. The van der Waals surface area contributed by atoms with Gasteiger partial charge in [-0.15, -0.1) is 11.8 Å². The van der Waals surface area contributed by atoms with Crippen molar-refractivity contribution < 1.29 is 4.90 Å². The third kappa shape index (κ3) is 5.99. The molecule has 0 bridgehead atoms. The lowest BCUT2D eigenvalue weighted by Gasteiger charge is -2.32. The van der Waals surface area contributed by atoms with Crippen molar-refractivity contribution in [3.63, 3.8) is 0 Å². The highest BCUT2D eigenvalue weighted by molar-refractivity contribution is 7.98. The lowest BCUT2D eigenvalue weighted by atomic mass is 10.1. The molecule has 0 saturated heterocycles. The summed E-state index contributed by atoms with van der Waals surface area (Å²) in [5.41, 5.74) is 2.19. The van der Waals surface area contributed by atoms with Gasteiger partial charge in [0.2, 0.25) is 0 Å². The number of likely N-dealkylation sites (N-methyl/N-ethyl adjacent to an activating group) is 1. The minimum absolute atomic E-state index is 0.164. The van der Waals surface area contributed by atoms with Crippen molar-refractivity contribution in [1.29, 1.82) is 0 Å². The van der Waals surface area contributed by atoms with Crippen LogP contribution in [0.2, 0.25) is 0 Å². The quantitative estimate of drug-likeness (QED) is 0.574. The number of pyridine rings is 1. The summed E-state index contributed by atoms with van der Waals surface area (Å²) < 4.78 is 0. The molecule has 0 aliphatic carbocycles. The molecule has 0 amide bonds. The predicted octanol–water partition coefficient (Wildman–Crippen LogP) is 2.71. The number of aromatic nitrogens is 1. The summed E-state index contributed by atoms with van der Waals surface area (Å²) in [5.74, 6) is 0. The summed E-state index contributed by atoms with van der Waals surface area (Å²) in [4.78, 5) is 9.11. The van der Waals surface area contributed by atoms with Crippen LogP contribution in [0.3, 0.4) is 0 Å². The number of nitrogens with zero attached hydrogens (tertiary/aromatic N) is 2. The van der Waals surface area contributed by atoms with Crippen molar-refractivity contribution in [2.45, 2.75) is 17.9 Å². The molecule has 0 aliphatic heterocycles. The normalized spacial score (nSPS) is 12.0. The zero-order chi connectivity index (χ0) is 18.2. The number of hydrogen-bond acceptors (Lipinski definition) is 3. The van der Waals surface area contributed by atoms with E-state index in [-0.39, 0.29) is 6.04 Å². The molecule has 1 aromatic heterocycles. The number of anilines is 1. The zero-order valence-electron chi connectivity index (χ0n) is 15.3. The monoisotopic (exact) mass is 375 g/mol. The van der Waals surface area contributed by atoms with Crippen LogP contribution < -0.4 is 10.2 Å². The molecule has 1 aromatic carbocycles. The minimum atomic E-state index is 0.164. The van der Waals surface area contributed by atoms with Gasteiger partial charge in [-0.2, -0.15) is 0 Å². The van der Waals surface area contributed by atoms with Crippen LogP contribution in [0.4, 0.5) is 5.69 Å². The highest BCUT2D eigenvalue weighted by Crippen LogP contribution is 2.22. The van der Waals surface area contributed by atoms with E-state index >= 15 is 0 Å². The SMILES string of the molecule is CSc1cccc(NC(=S)N(CC[NH+](C)C)C(C)c2cccnc2)c1. The van der Waals surface area contributed by atoms with Crippen LogP contribution in [0.1, 0.15) is 18.5 Å². The fourth-order valence-corrected chi connectivity index (χ4v) is 3.34. The highest BCUT2D eigenvalue weighted by Gasteiger charge is 2.20. The first-order valence-corrected chi connectivity index (χ1v) is 10.0. The minimum Gasteiger partial charge on any atom is -0.338 e. The van der Waals surface area contributed by atoms with Gasteiger partial charge in [0.05, 0.1) is 33.2 Å². The molecule has 0 aliphatic rings. The van der Waals surface area contributed by atoms with Gasteiger partial charge < -0.3 is 15.1 Å². The molecule has 0 spiro atoms. The molecule has 6 heteroatoms. The Hall–Kier alpha value is -1.63. The number of thioether (sulfide) groups is 1. The summed E-state index contributed by atoms with van der Waals surface area (Å²) in [5, 5.41) is 4.15. The van der Waals surface area contributed by atoms with Gasteiger partial charge in [-0.1, -0.05) is 12.1 Å². The standard InChI is InChI=1S/C19H26N4S2/c1-15(16-7-6-10-20-14-16)23(12-11-22(2)3)19(24)21-17-8-5-9-18(13-17)25-4/h5-10,13-15H,11-12H2,1-4H3,(H,21,24)/p+1. The molecular weight excluding hydrogens is 348 g/mol. The second-order valence-electron chi connectivity index (χ2n) is 6.27. The molecule has 25 heavy (non-hydrogen) atoms. The van der Waals surface area contributed by atoms with E-state index < -0.39 is 0 Å². The van der Waals surface area contributed by atoms with Crippen molar-refractivity contribution >= 4 is 34.8 Å². The van der Waals surface area contributed by atoms with Crippen LogP contribution in [0.15, 0.2) is 53.7 Å². The Balaban J connectivity index is 2.17. The molecule has 2 N–H and O–H groups in total. The summed E-state index contributed by atoms with van der Waals surface area (Å²) in [6.07, 6.45) is 5.79. The summed E-state index contributed by atoms with van der Waals surface area (Å²) in [7, 11) is 4.32. The van der Waals surface area contributed by atoms with E-state index in [9.17, 15) is 0 Å². The maximum atomic E-state index is 5.74. The Morgan fingerprint density at radius 2 is 2.12 bits per heavy atom. The summed E-state index contributed by atoms with van der Waals surface area (Å²) in [6, 6.07) is 12.6. The van der Waals surface area contributed by atoms with Crippen LogP contribution in [0.5, 0.6) is 0 Å². The average molecular weight is 376 g/mol. The topological polar surface area (TPSA) is 32.6 Å². The zero-order valence-corrected chi connectivity index (χ0v) is 17.0. The van der Waals surface area contributed by atoms with Crippen LogP contribution in [0, 0.1) is 0 Å². The van der Waals surface area contributed by atoms with E-state index in [0.29, 0.717) is 0 Å².